The van der Waals surface area contributed by atoms with Crippen molar-refractivity contribution in [2.24, 2.45) is 7.05 Å². The second-order valence-electron chi connectivity index (χ2n) is 4.38. The topological polar surface area (TPSA) is 93.5 Å². The summed E-state index contributed by atoms with van der Waals surface area (Å²) in [7, 11) is 3.19. The number of hydrogen-bond acceptors (Lipinski definition) is 4. The van der Waals surface area contributed by atoms with E-state index in [1.165, 1.54) is 11.8 Å². The first-order chi connectivity index (χ1) is 10.1. The molecule has 0 aliphatic heterocycles. The summed E-state index contributed by atoms with van der Waals surface area (Å²) >= 11 is 0. The van der Waals surface area contributed by atoms with Gasteiger partial charge in [-0.2, -0.15) is 5.10 Å². The number of carboxylic acids is 1. The summed E-state index contributed by atoms with van der Waals surface area (Å²) < 4.78 is 6.76. The number of ether oxygens (including phenoxy) is 1. The van der Waals surface area contributed by atoms with Gasteiger partial charge in [0.25, 0.3) is 0 Å². The number of anilines is 1. The van der Waals surface area contributed by atoms with Crippen molar-refractivity contribution >= 4 is 18.1 Å². The van der Waals surface area contributed by atoms with Crippen LogP contribution in [0.15, 0.2) is 24.4 Å². The molecule has 1 heterocycles. The third kappa shape index (κ3) is 3.02. The summed E-state index contributed by atoms with van der Waals surface area (Å²) in [5.74, 6) is -0.434. The summed E-state index contributed by atoms with van der Waals surface area (Å²) in [6, 6.07) is 5.20. The molecule has 2 rings (SSSR count). The van der Waals surface area contributed by atoms with Gasteiger partial charge in [-0.15, -0.1) is 0 Å². The molecular formula is C14H15N3O4. The van der Waals surface area contributed by atoms with Crippen molar-refractivity contribution in [3.05, 3.63) is 30.1 Å². The van der Waals surface area contributed by atoms with Gasteiger partial charge in [0.1, 0.15) is 5.75 Å². The van der Waals surface area contributed by atoms with E-state index in [2.05, 4.69) is 10.4 Å². The van der Waals surface area contributed by atoms with Gasteiger partial charge in [-0.05, 0) is 17.7 Å². The number of aliphatic carboxylic acids is 1. The first-order valence-electron chi connectivity index (χ1n) is 6.18. The van der Waals surface area contributed by atoms with E-state index in [1.807, 2.05) is 0 Å². The fourth-order valence-corrected chi connectivity index (χ4v) is 2.10. The third-order valence-electron chi connectivity index (χ3n) is 3.11. The summed E-state index contributed by atoms with van der Waals surface area (Å²) in [5, 5.41) is 15.6. The number of carboxylic acid groups (broad SMARTS) is 1. The van der Waals surface area contributed by atoms with Crippen LogP contribution in [0.5, 0.6) is 5.75 Å². The maximum Gasteiger partial charge on any atom is 0.309 e. The van der Waals surface area contributed by atoms with E-state index in [0.29, 0.717) is 23.5 Å². The molecule has 1 amide bonds. The highest BCUT2D eigenvalue weighted by Gasteiger charge is 2.15. The van der Waals surface area contributed by atoms with Crippen molar-refractivity contribution in [2.75, 3.05) is 12.4 Å². The van der Waals surface area contributed by atoms with E-state index in [9.17, 15) is 9.59 Å². The van der Waals surface area contributed by atoms with Gasteiger partial charge in [0.2, 0.25) is 6.41 Å². The molecule has 2 N–H and O–H groups in total. The lowest BCUT2D eigenvalue weighted by Crippen LogP contribution is -2.07. The Labute approximate surface area is 121 Å². The molecule has 0 fully saturated rings. The molecular weight excluding hydrogens is 274 g/mol. The van der Waals surface area contributed by atoms with Crippen LogP contribution in [0.4, 0.5) is 5.69 Å². The van der Waals surface area contributed by atoms with Crippen molar-refractivity contribution in [3.63, 3.8) is 0 Å². The van der Waals surface area contributed by atoms with Gasteiger partial charge in [0.15, 0.2) is 0 Å². The monoisotopic (exact) mass is 289 g/mol. The van der Waals surface area contributed by atoms with E-state index >= 15 is 0 Å². The van der Waals surface area contributed by atoms with Crippen LogP contribution in [-0.2, 0) is 23.1 Å². The molecule has 0 radical (unpaired) electrons. The Hall–Kier alpha value is -2.83. The van der Waals surface area contributed by atoms with Crippen molar-refractivity contribution in [1.29, 1.82) is 0 Å². The third-order valence-corrected chi connectivity index (χ3v) is 3.11. The normalized spacial score (nSPS) is 10.2. The molecule has 0 bridgehead atoms. The number of rotatable bonds is 6. The van der Waals surface area contributed by atoms with Gasteiger partial charge in [-0.1, -0.05) is 6.07 Å². The Balaban J connectivity index is 2.47. The Morgan fingerprint density at radius 2 is 2.29 bits per heavy atom. The van der Waals surface area contributed by atoms with Gasteiger partial charge in [-0.25, -0.2) is 0 Å². The van der Waals surface area contributed by atoms with E-state index in [1.54, 1.807) is 31.4 Å². The Morgan fingerprint density at radius 1 is 1.52 bits per heavy atom. The van der Waals surface area contributed by atoms with Crippen LogP contribution < -0.4 is 10.1 Å². The number of hydrogen-bond donors (Lipinski definition) is 2. The van der Waals surface area contributed by atoms with E-state index in [-0.39, 0.29) is 6.42 Å². The first-order valence-corrected chi connectivity index (χ1v) is 6.18. The minimum absolute atomic E-state index is 0.123. The molecule has 0 aliphatic rings. The second-order valence-corrected chi connectivity index (χ2v) is 4.38. The van der Waals surface area contributed by atoms with E-state index in [4.69, 9.17) is 9.84 Å². The lowest BCUT2D eigenvalue weighted by atomic mass is 10.0. The van der Waals surface area contributed by atoms with Gasteiger partial charge >= 0.3 is 5.97 Å². The molecule has 7 heteroatoms. The summed E-state index contributed by atoms with van der Waals surface area (Å²) in [6.07, 6.45) is 2.06. The highest BCUT2D eigenvalue weighted by molar-refractivity contribution is 5.80. The summed E-state index contributed by atoms with van der Waals surface area (Å²) in [5.41, 5.74) is 2.63. The second kappa shape index (κ2) is 6.08. The van der Waals surface area contributed by atoms with Crippen LogP contribution in [0.3, 0.4) is 0 Å². The number of nitrogens with one attached hydrogen (secondary N) is 1. The Kier molecular flexibility index (Phi) is 4.22. The molecule has 0 unspecified atom stereocenters. The van der Waals surface area contributed by atoms with Gasteiger partial charge in [-0.3, -0.25) is 14.3 Å². The number of aromatic nitrogens is 2. The molecule has 2 aromatic rings. The van der Waals surface area contributed by atoms with Gasteiger partial charge < -0.3 is 15.2 Å². The number of aryl methyl sites for hydroxylation is 1. The zero-order valence-electron chi connectivity index (χ0n) is 11.7. The van der Waals surface area contributed by atoms with Crippen molar-refractivity contribution in [1.82, 2.24) is 9.78 Å². The van der Waals surface area contributed by atoms with Crippen molar-refractivity contribution < 1.29 is 19.4 Å². The maximum atomic E-state index is 11.0. The standard InChI is InChI=1S/C14H15N3O4/c1-17-12(6-14(19)20)10(7-16-17)9-3-4-11(15-8-18)13(5-9)21-2/h3-5,7-8H,6H2,1-2H3,(H,15,18)(H,19,20). The van der Waals surface area contributed by atoms with Crippen molar-refractivity contribution in [3.8, 4) is 16.9 Å². The predicted octanol–water partition coefficient (Wildman–Crippen LogP) is 1.29. The van der Waals surface area contributed by atoms with Gasteiger partial charge in [0.05, 0.1) is 31.1 Å². The molecule has 21 heavy (non-hydrogen) atoms. The minimum atomic E-state index is -0.925. The largest absolute Gasteiger partial charge is 0.495 e. The molecule has 110 valence electrons. The fraction of sp³-hybridized carbons (Fsp3) is 0.214. The molecule has 1 aromatic carbocycles. The zero-order chi connectivity index (χ0) is 15.4. The average molecular weight is 289 g/mol. The highest BCUT2D eigenvalue weighted by Crippen LogP contribution is 2.32. The van der Waals surface area contributed by atoms with Crippen LogP contribution in [0.2, 0.25) is 0 Å². The molecule has 7 nitrogen and oxygen atoms in total. The zero-order valence-corrected chi connectivity index (χ0v) is 11.7. The molecule has 0 saturated carbocycles. The van der Waals surface area contributed by atoms with Crippen LogP contribution in [0.25, 0.3) is 11.1 Å². The van der Waals surface area contributed by atoms with E-state index in [0.717, 1.165) is 11.1 Å². The number of nitrogens with zero attached hydrogens (tertiary/aromatic N) is 2. The summed E-state index contributed by atoms with van der Waals surface area (Å²) in [4.78, 5) is 21.5. The highest BCUT2D eigenvalue weighted by atomic mass is 16.5. The molecule has 1 aromatic heterocycles. The SMILES string of the molecule is COc1cc(-c2cnn(C)c2CC(=O)O)ccc1NC=O. The maximum absolute atomic E-state index is 11.0. The number of benzene rings is 1. The molecule has 0 aliphatic carbocycles. The Morgan fingerprint density at radius 3 is 2.90 bits per heavy atom. The van der Waals surface area contributed by atoms with Crippen LogP contribution in [0, 0.1) is 0 Å². The smallest absolute Gasteiger partial charge is 0.309 e. The number of amides is 1. The minimum Gasteiger partial charge on any atom is -0.495 e. The molecule has 0 saturated heterocycles. The fourth-order valence-electron chi connectivity index (χ4n) is 2.10. The lowest BCUT2D eigenvalue weighted by molar-refractivity contribution is -0.136. The van der Waals surface area contributed by atoms with Gasteiger partial charge in [0, 0.05) is 12.6 Å². The van der Waals surface area contributed by atoms with Crippen LogP contribution in [-0.4, -0.2) is 34.4 Å². The number of methoxy groups -OCH3 is 1. The quantitative estimate of drug-likeness (QED) is 0.782. The predicted molar refractivity (Wildman–Crippen MR) is 76.2 cm³/mol. The van der Waals surface area contributed by atoms with Crippen LogP contribution >= 0.6 is 0 Å². The summed E-state index contributed by atoms with van der Waals surface area (Å²) in [6.45, 7) is 0. The lowest BCUT2D eigenvalue weighted by Gasteiger charge is -2.10. The number of carbonyl (C=O) groups excluding carboxylic acids is 1. The Bertz CT molecular complexity index is 679. The molecule has 0 spiro atoms. The van der Waals surface area contributed by atoms with Crippen molar-refractivity contribution in [2.45, 2.75) is 6.42 Å². The van der Waals surface area contributed by atoms with Crippen LogP contribution in [0.1, 0.15) is 5.69 Å². The molecule has 0 atom stereocenters. The van der Waals surface area contributed by atoms with E-state index < -0.39 is 5.97 Å². The average Bonchev–Trinajstić information content (AvgIpc) is 2.80. The first kappa shape index (κ1) is 14.6. The number of carbonyl (C=O) groups is 2.